The van der Waals surface area contributed by atoms with E-state index in [0.717, 1.165) is 6.42 Å². The Morgan fingerprint density at radius 1 is 1.21 bits per heavy atom. The molecule has 1 aromatic carbocycles. The fourth-order valence-electron chi connectivity index (χ4n) is 2.91. The minimum atomic E-state index is -0.0567. The van der Waals surface area contributed by atoms with Gasteiger partial charge in [0.1, 0.15) is 5.75 Å². The van der Waals surface area contributed by atoms with E-state index in [1.807, 2.05) is 0 Å². The number of anilines is 1. The van der Waals surface area contributed by atoms with Crippen molar-refractivity contribution >= 4 is 39.9 Å². The van der Waals surface area contributed by atoms with Gasteiger partial charge >= 0.3 is 0 Å². The molecule has 1 heterocycles. The van der Waals surface area contributed by atoms with Gasteiger partial charge in [-0.15, -0.1) is 10.2 Å². The van der Waals surface area contributed by atoms with Crippen molar-refractivity contribution in [1.82, 2.24) is 10.2 Å². The van der Waals surface area contributed by atoms with Crippen molar-refractivity contribution < 1.29 is 14.3 Å². The van der Waals surface area contributed by atoms with Crippen LogP contribution in [-0.2, 0) is 4.79 Å². The Morgan fingerprint density at radius 3 is 2.50 bits per heavy atom. The van der Waals surface area contributed by atoms with Crippen molar-refractivity contribution in [1.29, 1.82) is 0 Å². The van der Waals surface area contributed by atoms with Crippen LogP contribution in [0.5, 0.6) is 5.75 Å². The highest BCUT2D eigenvalue weighted by Crippen LogP contribution is 2.28. The molecule has 2 aromatic rings. The number of thioether (sulfide) groups is 1. The van der Waals surface area contributed by atoms with E-state index in [-0.39, 0.29) is 22.9 Å². The van der Waals surface area contributed by atoms with Gasteiger partial charge in [0.2, 0.25) is 11.0 Å². The number of carbonyl (C=O) groups is 2. The van der Waals surface area contributed by atoms with Crippen LogP contribution in [0.3, 0.4) is 0 Å². The number of hydrogen-bond acceptors (Lipinski definition) is 7. The first-order chi connectivity index (χ1) is 13.2. The quantitative estimate of drug-likeness (QED) is 0.351. The van der Waals surface area contributed by atoms with Crippen molar-refractivity contribution in [3.05, 3.63) is 29.8 Å². The zero-order valence-corrected chi connectivity index (χ0v) is 18.6. The summed E-state index contributed by atoms with van der Waals surface area (Å²) in [6.07, 6.45) is 1.43. The number of amides is 1. The molecule has 0 saturated carbocycles. The van der Waals surface area contributed by atoms with Gasteiger partial charge in [-0.3, -0.25) is 9.59 Å². The lowest BCUT2D eigenvalue weighted by molar-refractivity contribution is -0.117. The number of methoxy groups -OCH3 is 1. The lowest BCUT2D eigenvalue weighted by Gasteiger charge is -2.22. The van der Waals surface area contributed by atoms with Crippen molar-refractivity contribution in [2.45, 2.75) is 44.9 Å². The molecular weight excluding hydrogens is 394 g/mol. The SMILES string of the molecule is COc1ccc(C(=O)CSc2nnc(NC(=O)C[C@H](C)CC(C)(C)C)s2)cc1. The largest absolute Gasteiger partial charge is 0.497 e. The second-order valence-electron chi connectivity index (χ2n) is 7.94. The summed E-state index contributed by atoms with van der Waals surface area (Å²) in [7, 11) is 1.59. The van der Waals surface area contributed by atoms with E-state index in [4.69, 9.17) is 4.74 Å². The zero-order valence-electron chi connectivity index (χ0n) is 16.9. The Hall–Kier alpha value is -1.93. The second kappa shape index (κ2) is 10.0. The van der Waals surface area contributed by atoms with Gasteiger partial charge in [-0.2, -0.15) is 0 Å². The van der Waals surface area contributed by atoms with E-state index < -0.39 is 0 Å². The van der Waals surface area contributed by atoms with E-state index in [9.17, 15) is 9.59 Å². The predicted molar refractivity (Wildman–Crippen MR) is 114 cm³/mol. The minimum absolute atomic E-state index is 0.00411. The normalized spacial score (nSPS) is 12.5. The molecule has 0 saturated heterocycles. The number of Topliss-reactive ketones (excluding diaryl/α,β-unsaturated/α-hetero) is 1. The molecule has 0 spiro atoms. The van der Waals surface area contributed by atoms with Gasteiger partial charge in [0.05, 0.1) is 12.9 Å². The molecule has 0 unspecified atom stereocenters. The molecule has 152 valence electrons. The molecule has 0 aliphatic heterocycles. The summed E-state index contributed by atoms with van der Waals surface area (Å²) in [5.41, 5.74) is 0.821. The van der Waals surface area contributed by atoms with Crippen LogP contribution in [0.4, 0.5) is 5.13 Å². The van der Waals surface area contributed by atoms with Gasteiger partial charge in [-0.05, 0) is 42.0 Å². The van der Waals surface area contributed by atoms with Crippen molar-refractivity contribution in [2.24, 2.45) is 11.3 Å². The van der Waals surface area contributed by atoms with E-state index >= 15 is 0 Å². The molecule has 28 heavy (non-hydrogen) atoms. The molecule has 0 radical (unpaired) electrons. The Morgan fingerprint density at radius 2 is 1.89 bits per heavy atom. The lowest BCUT2D eigenvalue weighted by atomic mass is 9.84. The molecule has 1 amide bonds. The fourth-order valence-corrected chi connectivity index (χ4v) is 4.57. The number of ether oxygens (including phenoxy) is 1. The van der Waals surface area contributed by atoms with Crippen LogP contribution in [0.15, 0.2) is 28.6 Å². The van der Waals surface area contributed by atoms with Crippen molar-refractivity contribution in [3.8, 4) is 5.75 Å². The number of nitrogens with one attached hydrogen (secondary N) is 1. The number of ketones is 1. The van der Waals surface area contributed by atoms with E-state index in [1.54, 1.807) is 31.4 Å². The van der Waals surface area contributed by atoms with Gasteiger partial charge in [-0.1, -0.05) is 50.8 Å². The summed E-state index contributed by atoms with van der Waals surface area (Å²) in [6.45, 7) is 8.59. The highest BCUT2D eigenvalue weighted by atomic mass is 32.2. The van der Waals surface area contributed by atoms with Crippen LogP contribution in [-0.4, -0.2) is 34.8 Å². The summed E-state index contributed by atoms with van der Waals surface area (Å²) < 4.78 is 5.75. The summed E-state index contributed by atoms with van der Waals surface area (Å²) in [5.74, 6) is 1.22. The third-order valence-corrected chi connectivity index (χ3v) is 5.86. The summed E-state index contributed by atoms with van der Waals surface area (Å²) >= 11 is 2.60. The van der Waals surface area contributed by atoms with Crippen molar-refractivity contribution in [2.75, 3.05) is 18.2 Å². The molecule has 6 nitrogen and oxygen atoms in total. The van der Waals surface area contributed by atoms with E-state index in [1.165, 1.54) is 23.1 Å². The van der Waals surface area contributed by atoms with Gasteiger partial charge in [-0.25, -0.2) is 0 Å². The Labute approximate surface area is 174 Å². The lowest BCUT2D eigenvalue weighted by Crippen LogP contribution is -2.18. The molecular formula is C20H27N3O3S2. The third-order valence-electron chi connectivity index (χ3n) is 3.89. The summed E-state index contributed by atoms with van der Waals surface area (Å²) in [6, 6.07) is 7.01. The molecule has 0 fully saturated rings. The Bertz CT molecular complexity index is 798. The van der Waals surface area contributed by atoms with E-state index in [2.05, 4.69) is 43.2 Å². The van der Waals surface area contributed by atoms with Crippen LogP contribution in [0.1, 0.15) is 50.9 Å². The number of nitrogens with zero attached hydrogens (tertiary/aromatic N) is 2. The van der Waals surface area contributed by atoms with Gasteiger partial charge < -0.3 is 10.1 Å². The van der Waals surface area contributed by atoms with Crippen LogP contribution in [0.2, 0.25) is 0 Å². The molecule has 0 aliphatic rings. The van der Waals surface area contributed by atoms with E-state index in [0.29, 0.717) is 33.1 Å². The maximum Gasteiger partial charge on any atom is 0.226 e. The maximum absolute atomic E-state index is 12.3. The predicted octanol–water partition coefficient (Wildman–Crippen LogP) is 4.92. The van der Waals surface area contributed by atoms with Crippen LogP contribution in [0.25, 0.3) is 0 Å². The third kappa shape index (κ3) is 7.59. The van der Waals surface area contributed by atoms with Crippen molar-refractivity contribution in [3.63, 3.8) is 0 Å². The molecule has 1 N–H and O–H groups in total. The summed E-state index contributed by atoms with van der Waals surface area (Å²) in [4.78, 5) is 24.4. The number of rotatable bonds is 9. The first kappa shape index (κ1) is 22.4. The molecule has 0 bridgehead atoms. The average Bonchev–Trinajstić information content (AvgIpc) is 3.05. The first-order valence-corrected chi connectivity index (χ1v) is 10.9. The Balaban J connectivity index is 1.81. The highest BCUT2D eigenvalue weighted by molar-refractivity contribution is 8.01. The van der Waals surface area contributed by atoms with Crippen LogP contribution in [0, 0.1) is 11.3 Å². The number of hydrogen-bond donors (Lipinski definition) is 1. The number of benzene rings is 1. The van der Waals surface area contributed by atoms with Crippen LogP contribution >= 0.6 is 23.1 Å². The molecule has 2 rings (SSSR count). The summed E-state index contributed by atoms with van der Waals surface area (Å²) in [5, 5.41) is 11.3. The molecule has 8 heteroatoms. The monoisotopic (exact) mass is 421 g/mol. The minimum Gasteiger partial charge on any atom is -0.497 e. The average molecular weight is 422 g/mol. The van der Waals surface area contributed by atoms with Gasteiger partial charge in [0.15, 0.2) is 10.1 Å². The van der Waals surface area contributed by atoms with Gasteiger partial charge in [0, 0.05) is 12.0 Å². The number of aromatic nitrogens is 2. The Kier molecular flexibility index (Phi) is 8.00. The first-order valence-electron chi connectivity index (χ1n) is 9.09. The van der Waals surface area contributed by atoms with Gasteiger partial charge in [0.25, 0.3) is 0 Å². The van der Waals surface area contributed by atoms with Crippen LogP contribution < -0.4 is 10.1 Å². The topological polar surface area (TPSA) is 81.2 Å². The smallest absolute Gasteiger partial charge is 0.226 e. The second-order valence-corrected chi connectivity index (χ2v) is 10.1. The standard InChI is InChI=1S/C20H27N3O3S2/c1-13(11-20(2,3)4)10-17(25)21-18-22-23-19(28-18)27-12-16(24)14-6-8-15(26-5)9-7-14/h6-9,13H,10-12H2,1-5H3,(H,21,22,25)/t13-/m0/s1. The molecule has 0 aliphatic carbocycles. The zero-order chi connectivity index (χ0) is 20.7. The molecule has 1 aromatic heterocycles. The number of carbonyl (C=O) groups excluding carboxylic acids is 2. The molecule has 1 atom stereocenters. The maximum atomic E-state index is 12.3. The fraction of sp³-hybridized carbons (Fsp3) is 0.500. The highest BCUT2D eigenvalue weighted by Gasteiger charge is 2.18.